The minimum absolute atomic E-state index is 0.0463. The Morgan fingerprint density at radius 2 is 1.50 bits per heavy atom. The van der Waals surface area contributed by atoms with Crippen molar-refractivity contribution in [3.05, 3.63) is 22.9 Å². The van der Waals surface area contributed by atoms with Gasteiger partial charge in [-0.3, -0.25) is 0 Å². The third kappa shape index (κ3) is 2.91. The van der Waals surface area contributed by atoms with Gasteiger partial charge in [0.05, 0.1) is 0 Å². The van der Waals surface area contributed by atoms with Gasteiger partial charge in [-0.25, -0.2) is 9.59 Å². The Kier molecular flexibility index (Phi) is 2.95. The number of hydrogen-bond acceptors (Lipinski definition) is 2. The molecule has 1 aromatic heterocycles. The van der Waals surface area contributed by atoms with E-state index < -0.39 is 0 Å². The summed E-state index contributed by atoms with van der Waals surface area (Å²) in [5, 5.41) is 5.14. The predicted octanol–water partition coefficient (Wildman–Crippen LogP) is -0.998. The predicted molar refractivity (Wildman–Crippen MR) is 42.8 cm³/mol. The number of aromatic nitrogens is 2. The molecule has 4 N–H and O–H groups in total. The monoisotopic (exact) mass is 170 g/mol. The number of hydrogen-bond donors (Lipinski definition) is 4. The van der Waals surface area contributed by atoms with Gasteiger partial charge in [0.1, 0.15) is 0 Å². The SMILES string of the molecule is O=C1NCCN1.O=c1[nH]cc[nH]1. The lowest BCUT2D eigenvalue weighted by atomic mass is 10.7. The Labute approximate surface area is 68.4 Å². The van der Waals surface area contributed by atoms with Crippen LogP contribution in [-0.2, 0) is 0 Å². The molecule has 6 nitrogen and oxygen atoms in total. The van der Waals surface area contributed by atoms with Crippen molar-refractivity contribution < 1.29 is 4.79 Å². The van der Waals surface area contributed by atoms with Crippen molar-refractivity contribution >= 4 is 6.03 Å². The molecule has 0 unspecified atom stereocenters. The lowest BCUT2D eigenvalue weighted by molar-refractivity contribution is 0.248. The summed E-state index contributed by atoms with van der Waals surface area (Å²) in [4.78, 5) is 24.8. The van der Waals surface area contributed by atoms with E-state index in [4.69, 9.17) is 0 Å². The molecule has 2 heterocycles. The van der Waals surface area contributed by atoms with Crippen molar-refractivity contribution in [2.75, 3.05) is 13.1 Å². The smallest absolute Gasteiger partial charge is 0.322 e. The highest BCUT2D eigenvalue weighted by Crippen LogP contribution is 1.69. The Hall–Kier alpha value is -1.72. The first kappa shape index (κ1) is 8.38. The number of rotatable bonds is 0. The summed E-state index contributed by atoms with van der Waals surface area (Å²) < 4.78 is 0. The van der Waals surface area contributed by atoms with E-state index in [1.807, 2.05) is 0 Å². The summed E-state index contributed by atoms with van der Waals surface area (Å²) in [7, 11) is 0. The van der Waals surface area contributed by atoms with Gasteiger partial charge in [-0.2, -0.15) is 0 Å². The van der Waals surface area contributed by atoms with Crippen LogP contribution in [0.25, 0.3) is 0 Å². The quantitative estimate of drug-likeness (QED) is 0.402. The van der Waals surface area contributed by atoms with E-state index in [-0.39, 0.29) is 11.7 Å². The van der Waals surface area contributed by atoms with E-state index >= 15 is 0 Å². The molecule has 2 amide bonds. The molecule has 1 aliphatic rings. The number of imidazole rings is 1. The third-order valence-electron chi connectivity index (χ3n) is 1.21. The maximum atomic E-state index is 10.0. The van der Waals surface area contributed by atoms with Crippen molar-refractivity contribution in [1.82, 2.24) is 20.6 Å². The zero-order valence-electron chi connectivity index (χ0n) is 6.39. The number of H-pyrrole nitrogens is 2. The molecule has 0 spiro atoms. The van der Waals surface area contributed by atoms with Crippen LogP contribution in [0.1, 0.15) is 0 Å². The molecular weight excluding hydrogens is 160 g/mol. The van der Waals surface area contributed by atoms with Crippen LogP contribution in [0, 0.1) is 0 Å². The number of aromatic amines is 2. The van der Waals surface area contributed by atoms with Crippen molar-refractivity contribution in [3.8, 4) is 0 Å². The maximum absolute atomic E-state index is 10.0. The topological polar surface area (TPSA) is 89.8 Å². The Morgan fingerprint density at radius 3 is 1.67 bits per heavy atom. The molecule has 1 aromatic rings. The normalized spacial score (nSPS) is 14.2. The fraction of sp³-hybridized carbons (Fsp3) is 0.333. The van der Waals surface area contributed by atoms with Gasteiger partial charge < -0.3 is 20.6 Å². The van der Waals surface area contributed by atoms with Gasteiger partial charge in [-0.1, -0.05) is 0 Å². The Balaban J connectivity index is 0.000000120. The molecule has 66 valence electrons. The van der Waals surface area contributed by atoms with Crippen molar-refractivity contribution in [1.29, 1.82) is 0 Å². The standard InChI is InChI=1S/C3H6N2O.C3H4N2O/c2*6-3-4-1-2-5-3/h1-2H2,(H2,4,5,6);1-2H,(H2,4,5,6). The lowest BCUT2D eigenvalue weighted by Crippen LogP contribution is -2.20. The van der Waals surface area contributed by atoms with Crippen molar-refractivity contribution in [3.63, 3.8) is 0 Å². The average Bonchev–Trinajstić information content (AvgIpc) is 2.63. The lowest BCUT2D eigenvalue weighted by Gasteiger charge is -1.80. The van der Waals surface area contributed by atoms with Gasteiger partial charge in [0.25, 0.3) is 0 Å². The summed E-state index contributed by atoms with van der Waals surface area (Å²) in [5.74, 6) is 0. The van der Waals surface area contributed by atoms with Crippen LogP contribution in [-0.4, -0.2) is 29.1 Å². The molecule has 6 heteroatoms. The molecule has 12 heavy (non-hydrogen) atoms. The van der Waals surface area contributed by atoms with Gasteiger partial charge in [0.15, 0.2) is 0 Å². The number of urea groups is 1. The van der Waals surface area contributed by atoms with Crippen LogP contribution in [0.4, 0.5) is 4.79 Å². The van der Waals surface area contributed by atoms with Crippen LogP contribution in [0.3, 0.4) is 0 Å². The van der Waals surface area contributed by atoms with Crippen molar-refractivity contribution in [2.24, 2.45) is 0 Å². The van der Waals surface area contributed by atoms with E-state index in [0.717, 1.165) is 13.1 Å². The van der Waals surface area contributed by atoms with E-state index in [0.29, 0.717) is 0 Å². The molecule has 1 aliphatic heterocycles. The molecule has 0 radical (unpaired) electrons. The largest absolute Gasteiger partial charge is 0.336 e. The third-order valence-corrected chi connectivity index (χ3v) is 1.21. The van der Waals surface area contributed by atoms with Gasteiger partial charge >= 0.3 is 11.7 Å². The molecule has 0 aromatic carbocycles. The second-order valence-corrected chi connectivity index (χ2v) is 2.13. The summed E-state index contributed by atoms with van der Waals surface area (Å²) in [5.41, 5.74) is -0.157. The van der Waals surface area contributed by atoms with Gasteiger partial charge in [0, 0.05) is 25.5 Å². The van der Waals surface area contributed by atoms with Gasteiger partial charge in [-0.05, 0) is 0 Å². The van der Waals surface area contributed by atoms with Crippen LogP contribution in [0.5, 0.6) is 0 Å². The van der Waals surface area contributed by atoms with Gasteiger partial charge in [0.2, 0.25) is 0 Å². The van der Waals surface area contributed by atoms with Gasteiger partial charge in [-0.15, -0.1) is 0 Å². The highest BCUT2D eigenvalue weighted by Gasteiger charge is 2.02. The highest BCUT2D eigenvalue weighted by atomic mass is 16.2. The molecule has 0 aliphatic carbocycles. The summed E-state index contributed by atoms with van der Waals surface area (Å²) in [6.45, 7) is 1.55. The second kappa shape index (κ2) is 4.22. The summed E-state index contributed by atoms with van der Waals surface area (Å²) in [6.07, 6.45) is 3.09. The summed E-state index contributed by atoms with van der Waals surface area (Å²) >= 11 is 0. The first-order valence-electron chi connectivity index (χ1n) is 3.53. The van der Waals surface area contributed by atoms with Crippen LogP contribution >= 0.6 is 0 Å². The zero-order chi connectivity index (χ0) is 8.81. The van der Waals surface area contributed by atoms with Crippen LogP contribution in [0.15, 0.2) is 17.2 Å². The number of carbonyl (C=O) groups excluding carboxylic acids is 1. The van der Waals surface area contributed by atoms with Crippen LogP contribution < -0.4 is 16.3 Å². The Bertz CT molecular complexity index is 265. The van der Waals surface area contributed by atoms with E-state index in [1.165, 1.54) is 0 Å². The van der Waals surface area contributed by atoms with E-state index in [9.17, 15) is 9.59 Å². The first-order valence-corrected chi connectivity index (χ1v) is 3.53. The molecule has 0 atom stereocenters. The first-order chi connectivity index (χ1) is 5.79. The molecular formula is C6H10N4O2. The number of nitrogens with one attached hydrogen (secondary N) is 4. The van der Waals surface area contributed by atoms with Crippen LogP contribution in [0.2, 0.25) is 0 Å². The van der Waals surface area contributed by atoms with E-state index in [2.05, 4.69) is 20.6 Å². The highest BCUT2D eigenvalue weighted by molar-refractivity contribution is 5.75. The molecule has 1 fully saturated rings. The number of amides is 2. The fourth-order valence-corrected chi connectivity index (χ4v) is 0.691. The van der Waals surface area contributed by atoms with E-state index in [1.54, 1.807) is 12.4 Å². The minimum Gasteiger partial charge on any atom is -0.336 e. The second-order valence-electron chi connectivity index (χ2n) is 2.13. The minimum atomic E-state index is -0.157. The average molecular weight is 170 g/mol. The van der Waals surface area contributed by atoms with Crippen molar-refractivity contribution in [2.45, 2.75) is 0 Å². The molecule has 0 bridgehead atoms. The molecule has 2 rings (SSSR count). The Morgan fingerprint density at radius 1 is 1.00 bits per heavy atom. The zero-order valence-corrected chi connectivity index (χ0v) is 6.39. The summed E-state index contributed by atoms with van der Waals surface area (Å²) in [6, 6.07) is -0.0463. The molecule has 0 saturated carbocycles. The fourth-order valence-electron chi connectivity index (χ4n) is 0.691. The molecule has 1 saturated heterocycles. The maximum Gasteiger partial charge on any atom is 0.322 e. The number of carbonyl (C=O) groups is 1.